The van der Waals surface area contributed by atoms with Gasteiger partial charge < -0.3 is 14.0 Å². The Kier molecular flexibility index (Phi) is 6.07. The molecule has 0 radical (unpaired) electrons. The molecule has 0 bridgehead atoms. The van der Waals surface area contributed by atoms with E-state index < -0.39 is 0 Å². The number of nitrogens with zero attached hydrogens (tertiary/aromatic N) is 3. The van der Waals surface area contributed by atoms with E-state index in [-0.39, 0.29) is 6.71 Å². The first kappa shape index (κ1) is 33.0. The van der Waals surface area contributed by atoms with Gasteiger partial charge in [0, 0.05) is 37.0 Å². The van der Waals surface area contributed by atoms with Crippen LogP contribution in [-0.4, -0.2) is 15.8 Å². The van der Waals surface area contributed by atoms with Crippen molar-refractivity contribution in [1.29, 1.82) is 0 Å². The van der Waals surface area contributed by atoms with Gasteiger partial charge in [0.2, 0.25) is 0 Å². The highest BCUT2D eigenvalue weighted by Gasteiger charge is 2.44. The number of rotatable bonds is 1. The van der Waals surface area contributed by atoms with Crippen molar-refractivity contribution in [3.8, 4) is 11.4 Å². The van der Waals surface area contributed by atoms with Crippen LogP contribution < -0.4 is 21.3 Å². The van der Waals surface area contributed by atoms with Crippen molar-refractivity contribution in [3.63, 3.8) is 0 Å². The minimum Gasteiger partial charge on any atom is -0.310 e. The first-order chi connectivity index (χ1) is 31.3. The Hall–Kier alpha value is -7.73. The molecule has 3 aliphatic heterocycles. The molecule has 288 valence electrons. The molecule has 0 unspecified atom stereocenters. The van der Waals surface area contributed by atoms with Crippen LogP contribution in [-0.2, 0) is 0 Å². The first-order valence-corrected chi connectivity index (χ1v) is 22.7. The van der Waals surface area contributed by atoms with Gasteiger partial charge in [-0.1, -0.05) is 157 Å². The lowest BCUT2D eigenvalue weighted by atomic mass is 9.34. The number of hydrogen-bond acceptors (Lipinski definition) is 2. The second-order valence-corrected chi connectivity index (χ2v) is 18.6. The molecule has 0 fully saturated rings. The van der Waals surface area contributed by atoms with Gasteiger partial charge >= 0.3 is 0 Å². The summed E-state index contributed by atoms with van der Waals surface area (Å²) in [6.07, 6.45) is 0. The number of para-hydroxylation sites is 2. The summed E-state index contributed by atoms with van der Waals surface area (Å²) < 4.78 is 5.32. The Balaban J connectivity index is 1.18. The van der Waals surface area contributed by atoms with Crippen molar-refractivity contribution in [2.75, 3.05) is 4.90 Å². The Morgan fingerprint density at radius 2 is 0.794 bits per heavy atom. The zero-order chi connectivity index (χ0) is 40.7. The van der Waals surface area contributed by atoms with E-state index in [0.717, 1.165) is 0 Å². The third-order valence-electron chi connectivity index (χ3n) is 14.6. The fourth-order valence-corrected chi connectivity index (χ4v) is 13.3. The van der Waals surface area contributed by atoms with E-state index in [2.05, 4.69) is 208 Å². The third kappa shape index (κ3) is 3.97. The molecule has 16 rings (SSSR count). The van der Waals surface area contributed by atoms with E-state index in [1.165, 1.54) is 141 Å². The SMILES string of the molecule is c1ccc2c(c1)Sc1ccccc1N2c1ccc2c3c1-n1c4ccc5ccccc5c4c4c5ccccc5cc(c41)B3c1cc3ccccc3c3c4c5ccccc5ccc4n-2c13. The second kappa shape index (κ2) is 11.6. The van der Waals surface area contributed by atoms with Crippen molar-refractivity contribution in [2.24, 2.45) is 0 Å². The smallest absolute Gasteiger partial charge is 0.252 e. The molecule has 0 aliphatic carbocycles. The summed E-state index contributed by atoms with van der Waals surface area (Å²) in [7, 11) is 0. The number of fused-ring (bicyclic) bond motifs is 20. The van der Waals surface area contributed by atoms with Gasteiger partial charge in [0.25, 0.3) is 6.71 Å². The molecule has 0 spiro atoms. The van der Waals surface area contributed by atoms with Crippen LogP contribution in [0.3, 0.4) is 0 Å². The second-order valence-electron chi connectivity index (χ2n) is 17.5. The fraction of sp³-hybridized carbons (Fsp3) is 0. The fourth-order valence-electron chi connectivity index (χ4n) is 12.2. The van der Waals surface area contributed by atoms with Crippen LogP contribution in [0.5, 0.6) is 0 Å². The van der Waals surface area contributed by atoms with Crippen LogP contribution in [0.2, 0.25) is 0 Å². The largest absolute Gasteiger partial charge is 0.310 e. The number of anilines is 3. The average Bonchev–Trinajstić information content (AvgIpc) is 3.89. The van der Waals surface area contributed by atoms with E-state index in [0.29, 0.717) is 0 Å². The van der Waals surface area contributed by atoms with Gasteiger partial charge in [-0.2, -0.15) is 0 Å². The molecular weight excluding hydrogens is 782 g/mol. The van der Waals surface area contributed by atoms with Crippen molar-refractivity contribution in [1.82, 2.24) is 9.13 Å². The maximum atomic E-state index is 2.68. The van der Waals surface area contributed by atoms with Crippen LogP contribution in [0, 0.1) is 0 Å². The molecule has 0 N–H and O–H groups in total. The zero-order valence-corrected chi connectivity index (χ0v) is 34.6. The lowest BCUT2D eigenvalue weighted by Crippen LogP contribution is -2.59. The Morgan fingerprint density at radius 3 is 1.37 bits per heavy atom. The summed E-state index contributed by atoms with van der Waals surface area (Å²) in [4.78, 5) is 5.08. The molecule has 0 saturated heterocycles. The topological polar surface area (TPSA) is 13.1 Å². The van der Waals surface area contributed by atoms with Crippen molar-refractivity contribution < 1.29 is 0 Å². The normalized spacial score (nSPS) is 13.6. The minimum absolute atomic E-state index is 0.0371. The highest BCUT2D eigenvalue weighted by molar-refractivity contribution is 7.99. The molecular formula is C58H32BN3S. The van der Waals surface area contributed by atoms with Gasteiger partial charge in [-0.05, 0) is 108 Å². The predicted molar refractivity (Wildman–Crippen MR) is 269 cm³/mol. The van der Waals surface area contributed by atoms with Crippen LogP contribution in [0.1, 0.15) is 0 Å². The highest BCUT2D eigenvalue weighted by atomic mass is 32.2. The van der Waals surface area contributed by atoms with Crippen LogP contribution in [0.4, 0.5) is 17.1 Å². The van der Waals surface area contributed by atoms with Gasteiger partial charge in [0.15, 0.2) is 0 Å². The average molecular weight is 814 g/mol. The maximum absolute atomic E-state index is 2.68. The summed E-state index contributed by atoms with van der Waals surface area (Å²) in [5.74, 6) is 0. The predicted octanol–water partition coefficient (Wildman–Crippen LogP) is 13.6. The number of hydrogen-bond donors (Lipinski definition) is 0. The van der Waals surface area contributed by atoms with Gasteiger partial charge in [0.05, 0.1) is 44.8 Å². The van der Waals surface area contributed by atoms with Crippen molar-refractivity contribution >= 4 is 139 Å². The maximum Gasteiger partial charge on any atom is 0.252 e. The third-order valence-corrected chi connectivity index (χ3v) is 15.7. The summed E-state index contributed by atoms with van der Waals surface area (Å²) in [6.45, 7) is -0.0371. The van der Waals surface area contributed by atoms with E-state index in [1.54, 1.807) is 0 Å². The van der Waals surface area contributed by atoms with Crippen LogP contribution in [0.15, 0.2) is 204 Å². The van der Waals surface area contributed by atoms with Crippen molar-refractivity contribution in [3.05, 3.63) is 194 Å². The molecule has 2 aromatic heterocycles. The molecule has 3 aliphatic rings. The lowest BCUT2D eigenvalue weighted by Gasteiger charge is -2.39. The highest BCUT2D eigenvalue weighted by Crippen LogP contribution is 2.54. The summed E-state index contributed by atoms with van der Waals surface area (Å²) >= 11 is 1.87. The van der Waals surface area contributed by atoms with Gasteiger partial charge in [-0.15, -0.1) is 0 Å². The molecule has 3 nitrogen and oxygen atoms in total. The van der Waals surface area contributed by atoms with Crippen LogP contribution in [0.25, 0.3) is 98.1 Å². The summed E-state index contributed by atoms with van der Waals surface area (Å²) in [5.41, 5.74) is 15.3. The molecule has 0 saturated carbocycles. The van der Waals surface area contributed by atoms with Crippen molar-refractivity contribution in [2.45, 2.75) is 9.79 Å². The van der Waals surface area contributed by atoms with Gasteiger partial charge in [-0.25, -0.2) is 0 Å². The monoisotopic (exact) mass is 813 g/mol. The zero-order valence-electron chi connectivity index (χ0n) is 33.8. The quantitative estimate of drug-likeness (QED) is 0.153. The first-order valence-electron chi connectivity index (χ1n) is 21.9. The summed E-state index contributed by atoms with van der Waals surface area (Å²) in [6, 6.07) is 73.4. The summed E-state index contributed by atoms with van der Waals surface area (Å²) in [5, 5.41) is 15.6. The number of benzene rings is 11. The van der Waals surface area contributed by atoms with Gasteiger partial charge in [0.1, 0.15) is 0 Å². The molecule has 11 aromatic carbocycles. The lowest BCUT2D eigenvalue weighted by molar-refractivity contribution is 1.10. The molecule has 5 heterocycles. The van der Waals surface area contributed by atoms with E-state index in [4.69, 9.17) is 0 Å². The van der Waals surface area contributed by atoms with E-state index >= 15 is 0 Å². The Bertz CT molecular complexity index is 4230. The van der Waals surface area contributed by atoms with E-state index in [1.807, 2.05) is 11.8 Å². The van der Waals surface area contributed by atoms with Crippen LogP contribution >= 0.6 is 11.8 Å². The molecule has 0 atom stereocenters. The Labute approximate surface area is 366 Å². The standard InChI is InChI=1S/C58H32BN3S/c1-5-17-37-33(13-1)25-27-45-51(37)53-39-19-7-3-15-35(39)31-41-56(53)61(45)47-29-30-48(60-43-21-9-11-23-49(43)63-50-24-12-10-22-44(50)60)58-55(47)59(41)42-32-36-16-4-8-20-40(36)54-52-38-18-6-2-14-34(38)26-28-46(52)62(58)57(42)54/h1-32H. The molecule has 5 heteroatoms. The minimum atomic E-state index is -0.0371. The van der Waals surface area contributed by atoms with E-state index in [9.17, 15) is 0 Å². The molecule has 13 aromatic rings. The van der Waals surface area contributed by atoms with Gasteiger partial charge in [-0.3, -0.25) is 0 Å². The Morgan fingerprint density at radius 1 is 0.349 bits per heavy atom. The molecule has 0 amide bonds. The number of aromatic nitrogens is 2. The molecule has 63 heavy (non-hydrogen) atoms.